The van der Waals surface area contributed by atoms with Gasteiger partial charge in [0.25, 0.3) is 0 Å². The molecule has 0 saturated carbocycles. The van der Waals surface area contributed by atoms with E-state index in [-0.39, 0.29) is 11.3 Å². The molecule has 0 heterocycles. The Bertz CT molecular complexity index is 382. The minimum absolute atomic E-state index is 0.138. The fourth-order valence-corrected chi connectivity index (χ4v) is 2.04. The molecular formula is C9H11O4P. The molecule has 0 bridgehead atoms. The van der Waals surface area contributed by atoms with E-state index in [0.717, 1.165) is 6.08 Å². The Morgan fingerprint density at radius 1 is 1.36 bits per heavy atom. The maximum Gasteiger partial charge on any atom is 0.336 e. The summed E-state index contributed by atoms with van der Waals surface area (Å²) in [5.41, 5.74) is -0.959. The highest BCUT2D eigenvalue weighted by atomic mass is 31.2. The maximum absolute atomic E-state index is 11.0. The Morgan fingerprint density at radius 3 is 2.36 bits per heavy atom. The normalized spacial score (nSPS) is 13.6. The Hall–Kier alpha value is -1.09. The zero-order valence-electron chi connectivity index (χ0n) is 7.37. The van der Waals surface area contributed by atoms with E-state index >= 15 is 0 Å². The van der Waals surface area contributed by atoms with Crippen molar-refractivity contribution < 1.29 is 19.5 Å². The SMILES string of the molecule is C=CC(c1ccccc1O)P(=O)(O)O. The summed E-state index contributed by atoms with van der Waals surface area (Å²) in [7, 11) is -4.30. The van der Waals surface area contributed by atoms with Gasteiger partial charge in [-0.05, 0) is 6.07 Å². The molecule has 1 aromatic rings. The van der Waals surface area contributed by atoms with Gasteiger partial charge in [-0.2, -0.15) is 0 Å². The number of phenolic OH excluding ortho intramolecular Hbond substituents is 1. The molecule has 0 fully saturated rings. The molecule has 0 radical (unpaired) electrons. The molecule has 0 aromatic heterocycles. The zero-order valence-corrected chi connectivity index (χ0v) is 8.26. The van der Waals surface area contributed by atoms with Crippen LogP contribution >= 0.6 is 7.60 Å². The number of para-hydroxylation sites is 1. The fourth-order valence-electron chi connectivity index (χ4n) is 1.18. The Labute approximate surface area is 81.7 Å². The topological polar surface area (TPSA) is 77.8 Å². The predicted octanol–water partition coefficient (Wildman–Crippen LogP) is 1.80. The first-order valence-corrected chi connectivity index (χ1v) is 5.60. The van der Waals surface area contributed by atoms with Crippen LogP contribution in [0.2, 0.25) is 0 Å². The third-order valence-electron chi connectivity index (χ3n) is 1.84. The van der Waals surface area contributed by atoms with Gasteiger partial charge in [0.15, 0.2) is 0 Å². The highest BCUT2D eigenvalue weighted by Gasteiger charge is 2.29. The van der Waals surface area contributed by atoms with Gasteiger partial charge in [-0.25, -0.2) is 0 Å². The number of phenols is 1. The van der Waals surface area contributed by atoms with Gasteiger partial charge in [-0.15, -0.1) is 6.58 Å². The van der Waals surface area contributed by atoms with Crippen LogP contribution < -0.4 is 0 Å². The average Bonchev–Trinajstić information content (AvgIpc) is 2.07. The Balaban J connectivity index is 3.21. The molecule has 0 saturated heterocycles. The number of hydrogen-bond acceptors (Lipinski definition) is 2. The molecule has 0 aliphatic rings. The molecular weight excluding hydrogens is 203 g/mol. The van der Waals surface area contributed by atoms with Crippen molar-refractivity contribution in [2.45, 2.75) is 5.66 Å². The van der Waals surface area contributed by atoms with Crippen molar-refractivity contribution in [1.29, 1.82) is 0 Å². The first-order valence-electron chi connectivity index (χ1n) is 3.92. The van der Waals surface area contributed by atoms with Gasteiger partial charge in [-0.1, -0.05) is 24.3 Å². The minimum atomic E-state index is -4.30. The summed E-state index contributed by atoms with van der Waals surface area (Å²) in [4.78, 5) is 18.0. The van der Waals surface area contributed by atoms with Gasteiger partial charge in [0.05, 0.1) is 0 Å². The van der Waals surface area contributed by atoms with Crippen LogP contribution in [0, 0.1) is 0 Å². The molecule has 1 unspecified atom stereocenters. The molecule has 0 aliphatic carbocycles. The molecule has 0 spiro atoms. The van der Waals surface area contributed by atoms with Crippen LogP contribution in [-0.2, 0) is 4.57 Å². The summed E-state index contributed by atoms with van der Waals surface area (Å²) in [6.07, 6.45) is 1.13. The fraction of sp³-hybridized carbons (Fsp3) is 0.111. The van der Waals surface area contributed by atoms with Crippen molar-refractivity contribution >= 4 is 7.60 Å². The summed E-state index contributed by atoms with van der Waals surface area (Å²) in [6, 6.07) is 6.02. The maximum atomic E-state index is 11.0. The molecule has 5 heteroatoms. The third kappa shape index (κ3) is 2.23. The molecule has 3 N–H and O–H groups in total. The van der Waals surface area contributed by atoms with Gasteiger partial charge < -0.3 is 14.9 Å². The number of benzene rings is 1. The first-order chi connectivity index (χ1) is 6.46. The van der Waals surface area contributed by atoms with E-state index < -0.39 is 13.3 Å². The molecule has 4 nitrogen and oxygen atoms in total. The largest absolute Gasteiger partial charge is 0.508 e. The van der Waals surface area contributed by atoms with E-state index in [1.165, 1.54) is 12.1 Å². The molecule has 0 amide bonds. The second-order valence-corrected chi connectivity index (χ2v) is 4.56. The van der Waals surface area contributed by atoms with Crippen LogP contribution in [-0.4, -0.2) is 14.9 Å². The van der Waals surface area contributed by atoms with E-state index in [1.54, 1.807) is 12.1 Å². The van der Waals surface area contributed by atoms with Crippen LogP contribution in [0.1, 0.15) is 11.2 Å². The van der Waals surface area contributed by atoms with Crippen LogP contribution in [0.3, 0.4) is 0 Å². The second-order valence-electron chi connectivity index (χ2n) is 2.83. The lowest BCUT2D eigenvalue weighted by molar-refractivity contribution is 0.364. The van der Waals surface area contributed by atoms with Gasteiger partial charge in [0, 0.05) is 5.56 Å². The lowest BCUT2D eigenvalue weighted by atomic mass is 10.1. The van der Waals surface area contributed by atoms with Gasteiger partial charge >= 0.3 is 7.60 Å². The molecule has 1 atom stereocenters. The standard InChI is InChI=1S/C9H11O4P/c1-2-9(14(11,12)13)7-5-3-4-6-8(7)10/h2-6,9-10H,1H2,(H2,11,12,13). The summed E-state index contributed by atoms with van der Waals surface area (Å²) in [5.74, 6) is -0.138. The highest BCUT2D eigenvalue weighted by Crippen LogP contribution is 2.54. The summed E-state index contributed by atoms with van der Waals surface area (Å²) >= 11 is 0. The van der Waals surface area contributed by atoms with Crippen molar-refractivity contribution in [3.05, 3.63) is 42.5 Å². The van der Waals surface area contributed by atoms with Crippen molar-refractivity contribution in [3.63, 3.8) is 0 Å². The first kappa shape index (κ1) is 11.0. The van der Waals surface area contributed by atoms with Crippen LogP contribution in [0.25, 0.3) is 0 Å². The smallest absolute Gasteiger partial charge is 0.336 e. The molecule has 1 rings (SSSR count). The summed E-state index contributed by atoms with van der Waals surface area (Å²) in [5, 5.41) is 9.38. The van der Waals surface area contributed by atoms with Crippen molar-refractivity contribution in [1.82, 2.24) is 0 Å². The number of rotatable bonds is 3. The number of aromatic hydroxyl groups is 1. The van der Waals surface area contributed by atoms with Crippen molar-refractivity contribution in [2.24, 2.45) is 0 Å². The Kier molecular flexibility index (Phi) is 3.11. The summed E-state index contributed by atoms with van der Waals surface area (Å²) < 4.78 is 11.0. The lowest BCUT2D eigenvalue weighted by Crippen LogP contribution is -1.96. The van der Waals surface area contributed by atoms with E-state index in [4.69, 9.17) is 9.79 Å². The summed E-state index contributed by atoms with van der Waals surface area (Å²) in [6.45, 7) is 3.34. The van der Waals surface area contributed by atoms with Crippen LogP contribution in [0.5, 0.6) is 5.75 Å². The van der Waals surface area contributed by atoms with Crippen molar-refractivity contribution in [2.75, 3.05) is 0 Å². The van der Waals surface area contributed by atoms with Crippen LogP contribution in [0.4, 0.5) is 0 Å². The monoisotopic (exact) mass is 214 g/mol. The predicted molar refractivity (Wildman–Crippen MR) is 53.1 cm³/mol. The zero-order chi connectivity index (χ0) is 10.8. The quantitative estimate of drug-likeness (QED) is 0.529. The van der Waals surface area contributed by atoms with Crippen LogP contribution in [0.15, 0.2) is 36.9 Å². The van der Waals surface area contributed by atoms with E-state index in [9.17, 15) is 9.67 Å². The second kappa shape index (κ2) is 3.96. The molecule has 0 aliphatic heterocycles. The Morgan fingerprint density at radius 2 is 1.93 bits per heavy atom. The highest BCUT2D eigenvalue weighted by molar-refractivity contribution is 7.52. The lowest BCUT2D eigenvalue weighted by Gasteiger charge is -2.15. The third-order valence-corrected chi connectivity index (χ3v) is 3.05. The van der Waals surface area contributed by atoms with Gasteiger partial charge in [0.2, 0.25) is 0 Å². The van der Waals surface area contributed by atoms with E-state index in [0.29, 0.717) is 0 Å². The van der Waals surface area contributed by atoms with Gasteiger partial charge in [-0.3, -0.25) is 4.57 Å². The van der Waals surface area contributed by atoms with Gasteiger partial charge in [0.1, 0.15) is 11.4 Å². The molecule has 76 valence electrons. The molecule has 1 aromatic carbocycles. The average molecular weight is 214 g/mol. The number of hydrogen-bond donors (Lipinski definition) is 3. The van der Waals surface area contributed by atoms with E-state index in [2.05, 4.69) is 6.58 Å². The minimum Gasteiger partial charge on any atom is -0.508 e. The van der Waals surface area contributed by atoms with Crippen molar-refractivity contribution in [3.8, 4) is 5.75 Å². The molecule has 14 heavy (non-hydrogen) atoms. The number of allylic oxidation sites excluding steroid dienone is 1. The van der Waals surface area contributed by atoms with E-state index in [1.807, 2.05) is 0 Å².